The van der Waals surface area contributed by atoms with Crippen LogP contribution in [-0.4, -0.2) is 28.9 Å². The van der Waals surface area contributed by atoms with Gasteiger partial charge in [0.2, 0.25) is 5.91 Å². The van der Waals surface area contributed by atoms with Gasteiger partial charge in [0.15, 0.2) is 0 Å². The van der Waals surface area contributed by atoms with Gasteiger partial charge in [0, 0.05) is 11.9 Å². The van der Waals surface area contributed by atoms with Crippen LogP contribution in [0.25, 0.3) is 0 Å². The summed E-state index contributed by atoms with van der Waals surface area (Å²) >= 11 is 7.26. The van der Waals surface area contributed by atoms with Crippen LogP contribution in [-0.2, 0) is 16.1 Å². The molecule has 1 heterocycles. The Balaban J connectivity index is 1.95. The van der Waals surface area contributed by atoms with Crippen LogP contribution in [0, 0.1) is 11.8 Å². The molecule has 18 heavy (non-hydrogen) atoms. The van der Waals surface area contributed by atoms with Gasteiger partial charge in [-0.25, -0.2) is 0 Å². The van der Waals surface area contributed by atoms with Crippen LogP contribution in [0.2, 0.25) is 4.34 Å². The second-order valence-corrected chi connectivity index (χ2v) is 6.33. The molecule has 1 aliphatic carbocycles. The van der Waals surface area contributed by atoms with Crippen molar-refractivity contribution >= 4 is 34.8 Å². The maximum Gasteiger partial charge on any atom is 0.307 e. The van der Waals surface area contributed by atoms with E-state index >= 15 is 0 Å². The molecule has 0 spiro atoms. The van der Waals surface area contributed by atoms with Gasteiger partial charge >= 0.3 is 5.97 Å². The molecular formula is C12H14ClNO3S. The molecule has 98 valence electrons. The molecule has 6 heteroatoms. The normalized spacial score (nSPS) is 22.3. The average molecular weight is 288 g/mol. The minimum atomic E-state index is -0.868. The number of hydrogen-bond donors (Lipinski definition) is 1. The van der Waals surface area contributed by atoms with Gasteiger partial charge in [0.05, 0.1) is 22.7 Å². The highest BCUT2D eigenvalue weighted by Gasteiger charge is 2.42. The second kappa shape index (κ2) is 5.28. The van der Waals surface area contributed by atoms with Crippen LogP contribution >= 0.6 is 22.9 Å². The Labute approximate surface area is 114 Å². The summed E-state index contributed by atoms with van der Waals surface area (Å²) in [4.78, 5) is 25.6. The zero-order valence-electron chi connectivity index (χ0n) is 9.93. The highest BCUT2D eigenvalue weighted by molar-refractivity contribution is 7.16. The van der Waals surface area contributed by atoms with Gasteiger partial charge in [-0.15, -0.1) is 11.3 Å². The number of rotatable bonds is 4. The first-order valence-electron chi connectivity index (χ1n) is 5.71. The predicted molar refractivity (Wildman–Crippen MR) is 69.7 cm³/mol. The van der Waals surface area contributed by atoms with Gasteiger partial charge in [-0.1, -0.05) is 11.6 Å². The molecule has 1 aromatic rings. The minimum absolute atomic E-state index is 0.0850. The van der Waals surface area contributed by atoms with E-state index < -0.39 is 11.9 Å². The average Bonchev–Trinajstić information content (AvgIpc) is 2.61. The molecule has 1 fully saturated rings. The van der Waals surface area contributed by atoms with Crippen molar-refractivity contribution < 1.29 is 14.7 Å². The maximum atomic E-state index is 12.1. The van der Waals surface area contributed by atoms with Crippen LogP contribution in [0.15, 0.2) is 12.1 Å². The highest BCUT2D eigenvalue weighted by Crippen LogP contribution is 2.36. The standard InChI is InChI=1S/C12H14ClNO3S/c1-14(6-7-2-5-10(13)18-7)11(15)8-3-4-9(8)12(16)17/h2,5,8-9H,3-4,6H2,1H3,(H,16,17). The second-order valence-electron chi connectivity index (χ2n) is 4.53. The van der Waals surface area contributed by atoms with Gasteiger partial charge < -0.3 is 10.0 Å². The van der Waals surface area contributed by atoms with E-state index in [1.807, 2.05) is 6.07 Å². The number of carboxylic acid groups (broad SMARTS) is 1. The molecule has 1 amide bonds. The van der Waals surface area contributed by atoms with Crippen molar-refractivity contribution in [2.75, 3.05) is 7.05 Å². The molecule has 0 radical (unpaired) electrons. The molecule has 0 saturated heterocycles. The van der Waals surface area contributed by atoms with Crippen molar-refractivity contribution in [2.24, 2.45) is 11.8 Å². The Bertz CT molecular complexity index is 474. The lowest BCUT2D eigenvalue weighted by Gasteiger charge is -2.34. The van der Waals surface area contributed by atoms with Crippen LogP contribution in [0.5, 0.6) is 0 Å². The highest BCUT2D eigenvalue weighted by atomic mass is 35.5. The number of carbonyl (C=O) groups is 2. The van der Waals surface area contributed by atoms with Crippen molar-refractivity contribution in [1.29, 1.82) is 0 Å². The number of thiophene rings is 1. The van der Waals surface area contributed by atoms with Gasteiger partial charge in [-0.05, 0) is 25.0 Å². The maximum absolute atomic E-state index is 12.1. The third-order valence-electron chi connectivity index (χ3n) is 3.31. The Kier molecular flexibility index (Phi) is 3.92. The molecule has 4 nitrogen and oxygen atoms in total. The summed E-state index contributed by atoms with van der Waals surface area (Å²) in [6, 6.07) is 3.68. The van der Waals surface area contributed by atoms with Crippen molar-refractivity contribution in [3.8, 4) is 0 Å². The zero-order chi connectivity index (χ0) is 13.3. The Morgan fingerprint density at radius 1 is 1.44 bits per heavy atom. The molecule has 2 unspecified atom stereocenters. The van der Waals surface area contributed by atoms with Crippen LogP contribution < -0.4 is 0 Å². The van der Waals surface area contributed by atoms with Crippen molar-refractivity contribution in [3.63, 3.8) is 0 Å². The molecule has 0 aromatic carbocycles. The number of carboxylic acids is 1. The van der Waals surface area contributed by atoms with E-state index in [9.17, 15) is 9.59 Å². The first-order valence-corrected chi connectivity index (χ1v) is 6.90. The van der Waals surface area contributed by atoms with Crippen molar-refractivity contribution in [1.82, 2.24) is 4.90 Å². The first kappa shape index (κ1) is 13.4. The fourth-order valence-corrected chi connectivity index (χ4v) is 3.26. The lowest BCUT2D eigenvalue weighted by atomic mass is 9.73. The van der Waals surface area contributed by atoms with E-state index in [0.717, 1.165) is 4.88 Å². The lowest BCUT2D eigenvalue weighted by Crippen LogP contribution is -2.44. The van der Waals surface area contributed by atoms with Crippen molar-refractivity contribution in [2.45, 2.75) is 19.4 Å². The SMILES string of the molecule is CN(Cc1ccc(Cl)s1)C(=O)C1CCC1C(=O)O. The largest absolute Gasteiger partial charge is 0.481 e. The van der Waals surface area contributed by atoms with Gasteiger partial charge in [-0.2, -0.15) is 0 Å². The van der Waals surface area contributed by atoms with Gasteiger partial charge in [0.1, 0.15) is 0 Å². The summed E-state index contributed by atoms with van der Waals surface area (Å²) in [5.41, 5.74) is 0. The van der Waals surface area contributed by atoms with Crippen LogP contribution in [0.4, 0.5) is 0 Å². The fourth-order valence-electron chi connectivity index (χ4n) is 2.12. The summed E-state index contributed by atoms with van der Waals surface area (Å²) in [7, 11) is 1.70. The number of amides is 1. The van der Waals surface area contributed by atoms with Gasteiger partial charge in [-0.3, -0.25) is 9.59 Å². The van der Waals surface area contributed by atoms with Crippen LogP contribution in [0.1, 0.15) is 17.7 Å². The summed E-state index contributed by atoms with van der Waals surface area (Å²) < 4.78 is 0.693. The molecule has 0 aliphatic heterocycles. The summed E-state index contributed by atoms with van der Waals surface area (Å²) in [5, 5.41) is 8.94. The summed E-state index contributed by atoms with van der Waals surface area (Å²) in [5.74, 6) is -1.82. The molecule has 1 N–H and O–H groups in total. The van der Waals surface area contributed by atoms with Gasteiger partial charge in [0.25, 0.3) is 0 Å². The molecule has 2 rings (SSSR count). The quantitative estimate of drug-likeness (QED) is 0.925. The van der Waals surface area contributed by atoms with E-state index in [4.69, 9.17) is 16.7 Å². The molecule has 1 aliphatic rings. The van der Waals surface area contributed by atoms with E-state index in [2.05, 4.69) is 0 Å². The smallest absolute Gasteiger partial charge is 0.307 e. The summed E-state index contributed by atoms with van der Waals surface area (Å²) in [6.07, 6.45) is 1.27. The molecule has 1 saturated carbocycles. The van der Waals surface area contributed by atoms with Crippen molar-refractivity contribution in [3.05, 3.63) is 21.3 Å². The molecular weight excluding hydrogens is 274 g/mol. The van der Waals surface area contributed by atoms with E-state index in [-0.39, 0.29) is 11.8 Å². The molecule has 2 atom stereocenters. The Hall–Kier alpha value is -1.07. The molecule has 1 aromatic heterocycles. The van der Waals surface area contributed by atoms with E-state index in [1.165, 1.54) is 11.3 Å². The topological polar surface area (TPSA) is 57.6 Å². The Morgan fingerprint density at radius 3 is 2.56 bits per heavy atom. The first-order chi connectivity index (χ1) is 8.49. The number of nitrogens with zero attached hydrogens (tertiary/aromatic N) is 1. The number of halogens is 1. The number of carbonyl (C=O) groups excluding carboxylic acids is 1. The van der Waals surface area contributed by atoms with E-state index in [0.29, 0.717) is 23.7 Å². The third kappa shape index (κ3) is 2.67. The minimum Gasteiger partial charge on any atom is -0.481 e. The third-order valence-corrected chi connectivity index (χ3v) is 4.52. The van der Waals surface area contributed by atoms with E-state index in [1.54, 1.807) is 18.0 Å². The Morgan fingerprint density at radius 2 is 2.11 bits per heavy atom. The number of aliphatic carboxylic acids is 1. The lowest BCUT2D eigenvalue weighted by molar-refractivity contribution is -0.156. The predicted octanol–water partition coefficient (Wildman–Crippen LogP) is 2.47. The summed E-state index contributed by atoms with van der Waals surface area (Å²) in [6.45, 7) is 0.485. The monoisotopic (exact) mass is 287 g/mol. The fraction of sp³-hybridized carbons (Fsp3) is 0.500. The number of hydrogen-bond acceptors (Lipinski definition) is 3. The zero-order valence-corrected chi connectivity index (χ0v) is 11.5. The molecule has 0 bridgehead atoms. The van der Waals surface area contributed by atoms with Crippen LogP contribution in [0.3, 0.4) is 0 Å².